The van der Waals surface area contributed by atoms with Crippen LogP contribution in [-0.4, -0.2) is 61.9 Å². The van der Waals surface area contributed by atoms with Gasteiger partial charge in [0.2, 0.25) is 0 Å². The van der Waals surface area contributed by atoms with Crippen LogP contribution in [0.2, 0.25) is 0 Å². The van der Waals surface area contributed by atoms with E-state index in [4.69, 9.17) is 14.6 Å². The highest BCUT2D eigenvalue weighted by Gasteiger charge is 2.03. The summed E-state index contributed by atoms with van der Waals surface area (Å²) in [4.78, 5) is 0. The molecule has 2 unspecified atom stereocenters. The Morgan fingerprint density at radius 1 is 1.05 bits per heavy atom. The molecule has 116 valence electrons. The van der Waals surface area contributed by atoms with Crippen molar-refractivity contribution >= 4 is 0 Å². The molecule has 0 aliphatic carbocycles. The Labute approximate surface area is 117 Å². The van der Waals surface area contributed by atoms with Crippen LogP contribution in [0.25, 0.3) is 0 Å². The third kappa shape index (κ3) is 15.7. The van der Waals surface area contributed by atoms with Crippen LogP contribution in [0.3, 0.4) is 0 Å². The van der Waals surface area contributed by atoms with E-state index in [0.29, 0.717) is 26.4 Å². The van der Waals surface area contributed by atoms with E-state index in [2.05, 4.69) is 12.2 Å². The van der Waals surface area contributed by atoms with Gasteiger partial charge in [-0.2, -0.15) is 0 Å². The minimum Gasteiger partial charge on any atom is -0.393 e. The Balaban J connectivity index is 3.14. The number of unbranched alkanes of at least 4 members (excludes halogenated alkanes) is 1. The minimum absolute atomic E-state index is 0.247. The fourth-order valence-corrected chi connectivity index (χ4v) is 1.54. The fraction of sp³-hybridized carbons (Fsp3) is 1.00. The average Bonchev–Trinajstić information content (AvgIpc) is 2.37. The van der Waals surface area contributed by atoms with Gasteiger partial charge in [0.1, 0.15) is 0 Å². The predicted octanol–water partition coefficient (Wildman–Crippen LogP) is 0.931. The first-order valence-electron chi connectivity index (χ1n) is 7.39. The molecule has 0 amide bonds. The lowest BCUT2D eigenvalue weighted by atomic mass is 10.2. The number of rotatable bonds is 14. The maximum Gasteiger partial charge on any atom is 0.0897 e. The molecule has 0 aromatic rings. The quantitative estimate of drug-likeness (QED) is 0.412. The molecule has 0 rings (SSSR count). The van der Waals surface area contributed by atoms with Crippen molar-refractivity contribution in [1.29, 1.82) is 0 Å². The highest BCUT2D eigenvalue weighted by Crippen LogP contribution is 1.94. The maximum absolute atomic E-state index is 9.62. The molecule has 2 atom stereocenters. The van der Waals surface area contributed by atoms with Crippen molar-refractivity contribution in [1.82, 2.24) is 5.32 Å². The second kappa shape index (κ2) is 14.2. The van der Waals surface area contributed by atoms with Gasteiger partial charge in [-0.15, -0.1) is 0 Å². The van der Waals surface area contributed by atoms with Gasteiger partial charge in [0.05, 0.1) is 32.0 Å². The molecular weight excluding hydrogens is 246 g/mol. The topological polar surface area (TPSA) is 71.0 Å². The van der Waals surface area contributed by atoms with E-state index in [-0.39, 0.29) is 6.10 Å². The summed E-state index contributed by atoms with van der Waals surface area (Å²) in [7, 11) is 0. The molecule has 0 aliphatic rings. The molecule has 5 nitrogen and oxygen atoms in total. The summed E-state index contributed by atoms with van der Waals surface area (Å²) < 4.78 is 10.7. The highest BCUT2D eigenvalue weighted by atomic mass is 16.5. The SMILES string of the molecule is CCCCOCCOCC(O)CNCCCC(C)O. The smallest absolute Gasteiger partial charge is 0.0897 e. The van der Waals surface area contributed by atoms with Gasteiger partial charge in [-0.25, -0.2) is 0 Å². The number of aliphatic hydroxyl groups is 2. The number of hydrogen-bond acceptors (Lipinski definition) is 5. The van der Waals surface area contributed by atoms with Crippen LogP contribution in [0.4, 0.5) is 0 Å². The van der Waals surface area contributed by atoms with E-state index in [9.17, 15) is 5.11 Å². The van der Waals surface area contributed by atoms with Crippen molar-refractivity contribution < 1.29 is 19.7 Å². The lowest BCUT2D eigenvalue weighted by Gasteiger charge is -2.12. The number of nitrogens with one attached hydrogen (secondary N) is 1. The lowest BCUT2D eigenvalue weighted by molar-refractivity contribution is 0.00393. The van der Waals surface area contributed by atoms with Crippen LogP contribution < -0.4 is 5.32 Å². The summed E-state index contributed by atoms with van der Waals surface area (Å²) in [5.41, 5.74) is 0. The summed E-state index contributed by atoms with van der Waals surface area (Å²) in [5, 5.41) is 21.8. The molecule has 5 heteroatoms. The largest absolute Gasteiger partial charge is 0.393 e. The third-order valence-corrected chi connectivity index (χ3v) is 2.68. The monoisotopic (exact) mass is 277 g/mol. The van der Waals surface area contributed by atoms with Gasteiger partial charge < -0.3 is 25.0 Å². The van der Waals surface area contributed by atoms with Gasteiger partial charge in [-0.1, -0.05) is 13.3 Å². The number of hydrogen-bond donors (Lipinski definition) is 3. The van der Waals surface area contributed by atoms with Gasteiger partial charge in [-0.3, -0.25) is 0 Å². The second-order valence-electron chi connectivity index (χ2n) is 4.89. The summed E-state index contributed by atoms with van der Waals surface area (Å²) in [6, 6.07) is 0. The molecule has 19 heavy (non-hydrogen) atoms. The van der Waals surface area contributed by atoms with Crippen LogP contribution in [0.5, 0.6) is 0 Å². The maximum atomic E-state index is 9.62. The summed E-state index contributed by atoms with van der Waals surface area (Å²) in [5.74, 6) is 0. The first-order chi connectivity index (χ1) is 9.16. The van der Waals surface area contributed by atoms with Crippen molar-refractivity contribution in [2.75, 3.05) is 39.5 Å². The molecule has 0 bridgehead atoms. The molecule has 0 radical (unpaired) electrons. The van der Waals surface area contributed by atoms with Crippen molar-refractivity contribution in [3.8, 4) is 0 Å². The van der Waals surface area contributed by atoms with Gasteiger partial charge in [-0.05, 0) is 32.7 Å². The molecular formula is C14H31NO4. The Morgan fingerprint density at radius 2 is 1.79 bits per heavy atom. The van der Waals surface area contributed by atoms with Crippen LogP contribution in [0.1, 0.15) is 39.5 Å². The van der Waals surface area contributed by atoms with E-state index < -0.39 is 6.10 Å². The van der Waals surface area contributed by atoms with Crippen molar-refractivity contribution in [3.63, 3.8) is 0 Å². The van der Waals surface area contributed by atoms with Crippen molar-refractivity contribution in [2.45, 2.75) is 51.7 Å². The molecule has 0 aliphatic heterocycles. The first-order valence-corrected chi connectivity index (χ1v) is 7.39. The zero-order chi connectivity index (χ0) is 14.3. The first kappa shape index (κ1) is 18.8. The Bertz CT molecular complexity index is 179. The van der Waals surface area contributed by atoms with E-state index >= 15 is 0 Å². The van der Waals surface area contributed by atoms with Crippen LogP contribution in [-0.2, 0) is 9.47 Å². The molecule has 3 N–H and O–H groups in total. The summed E-state index contributed by atoms with van der Waals surface area (Å²) >= 11 is 0. The van der Waals surface area contributed by atoms with Crippen LogP contribution >= 0.6 is 0 Å². The second-order valence-corrected chi connectivity index (χ2v) is 4.89. The Morgan fingerprint density at radius 3 is 2.47 bits per heavy atom. The molecule has 0 aromatic carbocycles. The highest BCUT2D eigenvalue weighted by molar-refractivity contribution is 4.59. The molecule has 0 spiro atoms. The third-order valence-electron chi connectivity index (χ3n) is 2.68. The zero-order valence-electron chi connectivity index (χ0n) is 12.4. The fourth-order valence-electron chi connectivity index (χ4n) is 1.54. The van der Waals surface area contributed by atoms with E-state index in [1.165, 1.54) is 0 Å². The van der Waals surface area contributed by atoms with E-state index in [0.717, 1.165) is 38.8 Å². The van der Waals surface area contributed by atoms with Crippen molar-refractivity contribution in [2.24, 2.45) is 0 Å². The van der Waals surface area contributed by atoms with Crippen LogP contribution in [0.15, 0.2) is 0 Å². The van der Waals surface area contributed by atoms with Gasteiger partial charge in [0, 0.05) is 13.2 Å². The van der Waals surface area contributed by atoms with E-state index in [1.54, 1.807) is 6.92 Å². The predicted molar refractivity (Wildman–Crippen MR) is 76.3 cm³/mol. The van der Waals surface area contributed by atoms with Gasteiger partial charge in [0.15, 0.2) is 0 Å². The lowest BCUT2D eigenvalue weighted by Crippen LogP contribution is -2.31. The zero-order valence-corrected chi connectivity index (χ0v) is 12.4. The Hall–Kier alpha value is -0.200. The summed E-state index contributed by atoms with van der Waals surface area (Å²) in [6.45, 7) is 7.49. The van der Waals surface area contributed by atoms with Crippen LogP contribution in [0, 0.1) is 0 Å². The standard InChI is InChI=1S/C14H31NO4/c1-3-4-8-18-9-10-19-12-14(17)11-15-7-5-6-13(2)16/h13-17H,3-12H2,1-2H3. The average molecular weight is 277 g/mol. The normalized spacial score (nSPS) is 14.5. The Kier molecular flexibility index (Phi) is 14.1. The molecule has 0 saturated heterocycles. The number of ether oxygens (including phenoxy) is 2. The summed E-state index contributed by atoms with van der Waals surface area (Å²) in [6.07, 6.45) is 3.19. The molecule has 0 aromatic heterocycles. The molecule has 0 heterocycles. The van der Waals surface area contributed by atoms with E-state index in [1.807, 2.05) is 0 Å². The van der Waals surface area contributed by atoms with Gasteiger partial charge in [0.25, 0.3) is 0 Å². The van der Waals surface area contributed by atoms with Crippen molar-refractivity contribution in [3.05, 3.63) is 0 Å². The molecule has 0 saturated carbocycles. The number of aliphatic hydroxyl groups excluding tert-OH is 2. The molecule has 0 fully saturated rings. The van der Waals surface area contributed by atoms with Gasteiger partial charge >= 0.3 is 0 Å². The minimum atomic E-state index is -0.484.